The standard InChI is InChI=1S/C19H25N5O4S/c1-3-28-18(26)14-4-6-15(7-5-14)20-17(25)13-29-19-22-21-16(23(19)2)12-24-8-10-27-11-9-24/h4-7H,3,8-13H2,1-2H3,(H,20,25). The van der Waals surface area contributed by atoms with Gasteiger partial charge in [-0.3, -0.25) is 9.69 Å². The maximum atomic E-state index is 12.2. The number of hydrogen-bond acceptors (Lipinski definition) is 8. The van der Waals surface area contributed by atoms with Crippen molar-refractivity contribution in [2.75, 3.05) is 44.0 Å². The van der Waals surface area contributed by atoms with Gasteiger partial charge in [0.15, 0.2) is 5.16 Å². The number of ether oxygens (including phenoxy) is 2. The minimum absolute atomic E-state index is 0.156. The number of hydrogen-bond donors (Lipinski definition) is 1. The van der Waals surface area contributed by atoms with Crippen molar-refractivity contribution < 1.29 is 19.1 Å². The molecule has 2 heterocycles. The van der Waals surface area contributed by atoms with E-state index in [4.69, 9.17) is 9.47 Å². The Balaban J connectivity index is 1.48. The predicted octanol–water partition coefficient (Wildman–Crippen LogP) is 1.55. The Bertz CT molecular complexity index is 834. The van der Waals surface area contributed by atoms with Crippen molar-refractivity contribution in [3.63, 3.8) is 0 Å². The first-order chi connectivity index (χ1) is 14.1. The van der Waals surface area contributed by atoms with Crippen LogP contribution in [0.2, 0.25) is 0 Å². The van der Waals surface area contributed by atoms with Crippen LogP contribution in [0.1, 0.15) is 23.1 Å². The molecule has 0 aliphatic carbocycles. The van der Waals surface area contributed by atoms with Crippen LogP contribution in [0, 0.1) is 0 Å². The van der Waals surface area contributed by atoms with Gasteiger partial charge in [0.05, 0.1) is 37.7 Å². The van der Waals surface area contributed by atoms with Gasteiger partial charge >= 0.3 is 5.97 Å². The minimum atomic E-state index is -0.379. The van der Waals surface area contributed by atoms with E-state index in [0.29, 0.717) is 29.6 Å². The van der Waals surface area contributed by atoms with E-state index in [-0.39, 0.29) is 17.6 Å². The van der Waals surface area contributed by atoms with E-state index in [1.807, 2.05) is 11.6 Å². The van der Waals surface area contributed by atoms with Crippen LogP contribution >= 0.6 is 11.8 Å². The number of carbonyl (C=O) groups is 2. The molecule has 1 aliphatic heterocycles. The second-order valence-electron chi connectivity index (χ2n) is 6.48. The second kappa shape index (κ2) is 10.4. The third-order valence-electron chi connectivity index (χ3n) is 4.41. The average molecular weight is 420 g/mol. The summed E-state index contributed by atoms with van der Waals surface area (Å²) in [6.07, 6.45) is 0. The van der Waals surface area contributed by atoms with Gasteiger partial charge in [0.1, 0.15) is 5.82 Å². The topological polar surface area (TPSA) is 98.6 Å². The molecule has 1 N–H and O–H groups in total. The lowest BCUT2D eigenvalue weighted by Gasteiger charge is -2.25. The molecule has 9 nitrogen and oxygen atoms in total. The first-order valence-electron chi connectivity index (χ1n) is 9.45. The Kier molecular flexibility index (Phi) is 7.62. The van der Waals surface area contributed by atoms with Crippen LogP contribution in [-0.2, 0) is 27.9 Å². The number of carbonyl (C=O) groups excluding carboxylic acids is 2. The summed E-state index contributed by atoms with van der Waals surface area (Å²) in [5.41, 5.74) is 1.07. The van der Waals surface area contributed by atoms with Gasteiger partial charge in [-0.25, -0.2) is 4.79 Å². The molecule has 0 bridgehead atoms. The molecule has 2 aromatic rings. The van der Waals surface area contributed by atoms with Crippen LogP contribution in [0.5, 0.6) is 0 Å². The first kappa shape index (κ1) is 21.3. The molecule has 1 fully saturated rings. The molecule has 0 spiro atoms. The van der Waals surface area contributed by atoms with Crippen molar-refractivity contribution in [2.45, 2.75) is 18.6 Å². The number of esters is 1. The third kappa shape index (κ3) is 6.02. The van der Waals surface area contributed by atoms with Crippen molar-refractivity contribution in [3.05, 3.63) is 35.7 Å². The van der Waals surface area contributed by atoms with Crippen molar-refractivity contribution in [3.8, 4) is 0 Å². The minimum Gasteiger partial charge on any atom is -0.462 e. The van der Waals surface area contributed by atoms with E-state index in [9.17, 15) is 9.59 Å². The average Bonchev–Trinajstić information content (AvgIpc) is 3.07. The first-order valence-corrected chi connectivity index (χ1v) is 10.4. The van der Waals surface area contributed by atoms with E-state index in [1.54, 1.807) is 31.2 Å². The van der Waals surface area contributed by atoms with E-state index in [0.717, 1.165) is 32.1 Å². The number of nitrogens with zero attached hydrogens (tertiary/aromatic N) is 4. The van der Waals surface area contributed by atoms with Gasteiger partial charge in [-0.2, -0.15) is 0 Å². The molecular weight excluding hydrogens is 394 g/mol. The molecule has 3 rings (SSSR count). The van der Waals surface area contributed by atoms with Gasteiger partial charge in [-0.05, 0) is 31.2 Å². The number of rotatable bonds is 8. The third-order valence-corrected chi connectivity index (χ3v) is 5.43. The number of aromatic nitrogens is 3. The predicted molar refractivity (Wildman–Crippen MR) is 109 cm³/mol. The van der Waals surface area contributed by atoms with Crippen LogP contribution in [0.15, 0.2) is 29.4 Å². The summed E-state index contributed by atoms with van der Waals surface area (Å²) in [5.74, 6) is 0.542. The highest BCUT2D eigenvalue weighted by atomic mass is 32.2. The molecule has 0 unspecified atom stereocenters. The monoisotopic (exact) mass is 419 g/mol. The summed E-state index contributed by atoms with van der Waals surface area (Å²) in [7, 11) is 1.91. The largest absolute Gasteiger partial charge is 0.462 e. The van der Waals surface area contributed by atoms with E-state index >= 15 is 0 Å². The SMILES string of the molecule is CCOC(=O)c1ccc(NC(=O)CSc2nnc(CN3CCOCC3)n2C)cc1. The maximum absolute atomic E-state index is 12.2. The second-order valence-corrected chi connectivity index (χ2v) is 7.42. The highest BCUT2D eigenvalue weighted by Gasteiger charge is 2.16. The molecule has 0 saturated carbocycles. The molecule has 1 aromatic heterocycles. The quantitative estimate of drug-likeness (QED) is 0.508. The zero-order valence-electron chi connectivity index (χ0n) is 16.6. The summed E-state index contributed by atoms with van der Waals surface area (Å²) < 4.78 is 12.2. The molecule has 0 atom stereocenters. The van der Waals surface area contributed by atoms with E-state index in [1.165, 1.54) is 11.8 Å². The molecule has 1 aliphatic rings. The molecule has 156 valence electrons. The van der Waals surface area contributed by atoms with Gasteiger partial charge in [-0.15, -0.1) is 10.2 Å². The van der Waals surface area contributed by atoms with Gasteiger partial charge < -0.3 is 19.4 Å². The summed E-state index contributed by atoms with van der Waals surface area (Å²) in [5, 5.41) is 11.9. The molecular formula is C19H25N5O4S. The molecule has 29 heavy (non-hydrogen) atoms. The Morgan fingerprint density at radius 2 is 1.93 bits per heavy atom. The van der Waals surface area contributed by atoms with Crippen LogP contribution in [0.25, 0.3) is 0 Å². The number of benzene rings is 1. The van der Waals surface area contributed by atoms with Gasteiger partial charge in [0, 0.05) is 25.8 Å². The number of thioether (sulfide) groups is 1. The summed E-state index contributed by atoms with van der Waals surface area (Å²) >= 11 is 1.33. The normalized spacial score (nSPS) is 14.6. The van der Waals surface area contributed by atoms with Crippen LogP contribution < -0.4 is 5.32 Å². The Labute approximate surface area is 173 Å². The number of amides is 1. The Morgan fingerprint density at radius 3 is 2.62 bits per heavy atom. The smallest absolute Gasteiger partial charge is 0.338 e. The van der Waals surface area contributed by atoms with E-state index < -0.39 is 0 Å². The van der Waals surface area contributed by atoms with Crippen LogP contribution in [0.4, 0.5) is 5.69 Å². The van der Waals surface area contributed by atoms with Gasteiger partial charge in [0.25, 0.3) is 0 Å². The molecule has 1 saturated heterocycles. The summed E-state index contributed by atoms with van der Waals surface area (Å²) in [4.78, 5) is 26.2. The molecule has 1 amide bonds. The van der Waals surface area contributed by atoms with Crippen molar-refractivity contribution in [2.24, 2.45) is 7.05 Å². The Morgan fingerprint density at radius 1 is 1.21 bits per heavy atom. The van der Waals surface area contributed by atoms with Crippen molar-refractivity contribution >= 4 is 29.3 Å². The summed E-state index contributed by atoms with van der Waals surface area (Å²) in [6.45, 7) is 6.03. The molecule has 10 heteroatoms. The van der Waals surface area contributed by atoms with Crippen molar-refractivity contribution in [1.82, 2.24) is 19.7 Å². The lowest BCUT2D eigenvalue weighted by molar-refractivity contribution is -0.113. The zero-order chi connectivity index (χ0) is 20.6. The van der Waals surface area contributed by atoms with Gasteiger partial charge in [0.2, 0.25) is 5.91 Å². The van der Waals surface area contributed by atoms with Crippen LogP contribution in [0.3, 0.4) is 0 Å². The van der Waals surface area contributed by atoms with E-state index in [2.05, 4.69) is 20.4 Å². The fourth-order valence-electron chi connectivity index (χ4n) is 2.80. The zero-order valence-corrected chi connectivity index (χ0v) is 17.4. The number of anilines is 1. The number of morpholine rings is 1. The fourth-order valence-corrected chi connectivity index (χ4v) is 3.53. The fraction of sp³-hybridized carbons (Fsp3) is 0.474. The van der Waals surface area contributed by atoms with Gasteiger partial charge in [-0.1, -0.05) is 11.8 Å². The highest BCUT2D eigenvalue weighted by molar-refractivity contribution is 7.99. The number of nitrogens with one attached hydrogen (secondary N) is 1. The summed E-state index contributed by atoms with van der Waals surface area (Å²) in [6, 6.07) is 6.61. The lowest BCUT2D eigenvalue weighted by atomic mass is 10.2. The van der Waals surface area contributed by atoms with Crippen LogP contribution in [-0.4, -0.2) is 70.2 Å². The highest BCUT2D eigenvalue weighted by Crippen LogP contribution is 2.18. The Hall–Kier alpha value is -2.43. The maximum Gasteiger partial charge on any atom is 0.338 e. The van der Waals surface area contributed by atoms with Crippen molar-refractivity contribution in [1.29, 1.82) is 0 Å². The molecule has 0 radical (unpaired) electrons. The lowest BCUT2D eigenvalue weighted by Crippen LogP contribution is -2.36. The molecule has 1 aromatic carbocycles.